The summed E-state index contributed by atoms with van der Waals surface area (Å²) >= 11 is 0. The summed E-state index contributed by atoms with van der Waals surface area (Å²) in [4.78, 5) is 2.44. The maximum atomic E-state index is 12.1. The Labute approximate surface area is 135 Å². The third-order valence-electron chi connectivity index (χ3n) is 4.29. The smallest absolute Gasteiger partial charge is 0.215 e. The molecule has 0 unspecified atom stereocenters. The fourth-order valence-corrected chi connectivity index (χ4v) is 4.06. The van der Waals surface area contributed by atoms with E-state index in [2.05, 4.69) is 16.5 Å². The topological polar surface area (TPSA) is 49.4 Å². The highest BCUT2D eigenvalue weighted by molar-refractivity contribution is 7.88. The third-order valence-corrected chi connectivity index (χ3v) is 5.65. The second-order valence-electron chi connectivity index (χ2n) is 6.52. The number of likely N-dealkylation sites (tertiary alicyclic amines) is 1. The summed E-state index contributed by atoms with van der Waals surface area (Å²) in [5, 5.41) is 0. The molecule has 4 nitrogen and oxygen atoms in total. The van der Waals surface area contributed by atoms with E-state index in [9.17, 15) is 8.42 Å². The maximum absolute atomic E-state index is 12.1. The number of aryl methyl sites for hydroxylation is 1. The summed E-state index contributed by atoms with van der Waals surface area (Å²) in [7, 11) is -3.23. The summed E-state index contributed by atoms with van der Waals surface area (Å²) in [6.45, 7) is 8.09. The van der Waals surface area contributed by atoms with Crippen molar-refractivity contribution in [1.82, 2.24) is 9.62 Å². The lowest BCUT2D eigenvalue weighted by molar-refractivity contribution is 0.191. The number of nitrogens with one attached hydrogen (secondary N) is 1. The Balaban J connectivity index is 1.69. The molecule has 124 valence electrons. The van der Waals surface area contributed by atoms with E-state index in [1.807, 2.05) is 31.2 Å². The molecule has 1 aromatic carbocycles. The second kappa shape index (κ2) is 8.09. The highest BCUT2D eigenvalue weighted by Crippen LogP contribution is 2.15. The van der Waals surface area contributed by atoms with Gasteiger partial charge in [0.1, 0.15) is 0 Å². The summed E-state index contributed by atoms with van der Waals surface area (Å²) < 4.78 is 26.9. The molecule has 22 heavy (non-hydrogen) atoms. The van der Waals surface area contributed by atoms with Crippen molar-refractivity contribution < 1.29 is 8.42 Å². The van der Waals surface area contributed by atoms with E-state index in [0.717, 1.165) is 43.1 Å². The molecule has 0 aromatic heterocycles. The lowest BCUT2D eigenvalue weighted by Crippen LogP contribution is -2.35. The molecule has 1 fully saturated rings. The van der Waals surface area contributed by atoms with Crippen LogP contribution in [0.4, 0.5) is 0 Å². The SMILES string of the molecule is Cc1cccc(CS(=O)(=O)NCCCN2CCC(C)CC2)c1. The fraction of sp³-hybridized carbons (Fsp3) is 0.647. The van der Waals surface area contributed by atoms with Crippen LogP contribution in [0.2, 0.25) is 0 Å². The average Bonchev–Trinajstić information content (AvgIpc) is 2.45. The highest BCUT2D eigenvalue weighted by Gasteiger charge is 2.15. The van der Waals surface area contributed by atoms with Gasteiger partial charge in [-0.15, -0.1) is 0 Å². The van der Waals surface area contributed by atoms with Crippen molar-refractivity contribution in [3.05, 3.63) is 35.4 Å². The van der Waals surface area contributed by atoms with Gasteiger partial charge < -0.3 is 4.90 Å². The zero-order chi connectivity index (χ0) is 16.0. The molecular formula is C17H28N2O2S. The van der Waals surface area contributed by atoms with Crippen LogP contribution in [0.25, 0.3) is 0 Å². The summed E-state index contributed by atoms with van der Waals surface area (Å²) in [5.74, 6) is 0.902. The molecule has 0 bridgehead atoms. The van der Waals surface area contributed by atoms with Crippen molar-refractivity contribution in [3.8, 4) is 0 Å². The molecule has 0 spiro atoms. The van der Waals surface area contributed by atoms with Crippen LogP contribution in [0, 0.1) is 12.8 Å². The molecular weight excluding hydrogens is 296 g/mol. The zero-order valence-electron chi connectivity index (χ0n) is 13.7. The average molecular weight is 324 g/mol. The largest absolute Gasteiger partial charge is 0.303 e. The van der Waals surface area contributed by atoms with E-state index in [4.69, 9.17) is 0 Å². The Kier molecular flexibility index (Phi) is 6.41. The number of benzene rings is 1. The van der Waals surface area contributed by atoms with Crippen LogP contribution in [0.3, 0.4) is 0 Å². The number of hydrogen-bond donors (Lipinski definition) is 1. The van der Waals surface area contributed by atoms with Crippen LogP contribution in [0.1, 0.15) is 37.3 Å². The zero-order valence-corrected chi connectivity index (χ0v) is 14.5. The molecule has 1 aromatic rings. The molecule has 0 atom stereocenters. The van der Waals surface area contributed by atoms with E-state index in [1.54, 1.807) is 0 Å². The number of sulfonamides is 1. The first-order valence-corrected chi connectivity index (χ1v) is 9.85. The fourth-order valence-electron chi connectivity index (χ4n) is 2.89. The first kappa shape index (κ1) is 17.4. The lowest BCUT2D eigenvalue weighted by atomic mass is 9.99. The molecule has 0 radical (unpaired) electrons. The molecule has 1 aliphatic heterocycles. The number of piperidine rings is 1. The Morgan fingerprint density at radius 3 is 2.68 bits per heavy atom. The Morgan fingerprint density at radius 1 is 1.27 bits per heavy atom. The van der Waals surface area contributed by atoms with Gasteiger partial charge in [0.05, 0.1) is 5.75 Å². The van der Waals surface area contributed by atoms with E-state index in [0.29, 0.717) is 6.54 Å². The van der Waals surface area contributed by atoms with Gasteiger partial charge in [-0.2, -0.15) is 0 Å². The van der Waals surface area contributed by atoms with Crippen LogP contribution in [-0.4, -0.2) is 39.5 Å². The van der Waals surface area contributed by atoms with Crippen molar-refractivity contribution in [2.75, 3.05) is 26.2 Å². The molecule has 1 N–H and O–H groups in total. The van der Waals surface area contributed by atoms with Gasteiger partial charge in [-0.25, -0.2) is 13.1 Å². The van der Waals surface area contributed by atoms with Gasteiger partial charge in [0.15, 0.2) is 0 Å². The minimum absolute atomic E-state index is 0.0654. The standard InChI is InChI=1S/C17H28N2O2S/c1-15-7-11-19(12-8-15)10-4-9-18-22(20,21)14-17-6-3-5-16(2)13-17/h3,5-6,13,15,18H,4,7-12,14H2,1-2H3. The van der Waals surface area contributed by atoms with Crippen LogP contribution in [-0.2, 0) is 15.8 Å². The maximum Gasteiger partial charge on any atom is 0.215 e. The van der Waals surface area contributed by atoms with Gasteiger partial charge in [-0.1, -0.05) is 36.8 Å². The van der Waals surface area contributed by atoms with Gasteiger partial charge in [0, 0.05) is 6.54 Å². The van der Waals surface area contributed by atoms with Crippen LogP contribution >= 0.6 is 0 Å². The molecule has 0 saturated carbocycles. The van der Waals surface area contributed by atoms with Gasteiger partial charge in [-0.05, 0) is 57.3 Å². The van der Waals surface area contributed by atoms with E-state index in [-0.39, 0.29) is 5.75 Å². The van der Waals surface area contributed by atoms with E-state index >= 15 is 0 Å². The van der Waals surface area contributed by atoms with Crippen molar-refractivity contribution in [1.29, 1.82) is 0 Å². The summed E-state index contributed by atoms with van der Waals surface area (Å²) in [5.41, 5.74) is 1.93. The number of rotatable bonds is 7. The van der Waals surface area contributed by atoms with Crippen LogP contribution < -0.4 is 4.72 Å². The van der Waals surface area contributed by atoms with Crippen molar-refractivity contribution >= 4 is 10.0 Å². The van der Waals surface area contributed by atoms with E-state index in [1.165, 1.54) is 12.8 Å². The van der Waals surface area contributed by atoms with Crippen LogP contribution in [0.15, 0.2) is 24.3 Å². The molecule has 1 saturated heterocycles. The third kappa shape index (κ3) is 6.07. The molecule has 0 aliphatic carbocycles. The van der Waals surface area contributed by atoms with E-state index < -0.39 is 10.0 Å². The summed E-state index contributed by atoms with van der Waals surface area (Å²) in [6, 6.07) is 7.66. The normalized spacial score (nSPS) is 17.7. The Morgan fingerprint density at radius 2 is 2.00 bits per heavy atom. The molecule has 2 rings (SSSR count). The first-order valence-electron chi connectivity index (χ1n) is 8.20. The Bertz CT molecular complexity index is 564. The van der Waals surface area contributed by atoms with Crippen molar-refractivity contribution in [3.63, 3.8) is 0 Å². The lowest BCUT2D eigenvalue weighted by Gasteiger charge is -2.30. The Hall–Kier alpha value is -0.910. The summed E-state index contributed by atoms with van der Waals surface area (Å²) in [6.07, 6.45) is 3.40. The molecule has 1 aliphatic rings. The molecule has 1 heterocycles. The molecule has 5 heteroatoms. The predicted molar refractivity (Wildman–Crippen MR) is 91.3 cm³/mol. The first-order chi connectivity index (χ1) is 10.4. The van der Waals surface area contributed by atoms with Crippen molar-refractivity contribution in [2.45, 2.75) is 38.9 Å². The predicted octanol–water partition coefficient (Wildman–Crippen LogP) is 2.54. The quantitative estimate of drug-likeness (QED) is 0.784. The van der Waals surface area contributed by atoms with Gasteiger partial charge in [0.2, 0.25) is 10.0 Å². The van der Waals surface area contributed by atoms with Gasteiger partial charge in [0.25, 0.3) is 0 Å². The van der Waals surface area contributed by atoms with Crippen molar-refractivity contribution in [2.24, 2.45) is 5.92 Å². The number of hydrogen-bond acceptors (Lipinski definition) is 3. The monoisotopic (exact) mass is 324 g/mol. The minimum Gasteiger partial charge on any atom is -0.303 e. The highest BCUT2D eigenvalue weighted by atomic mass is 32.2. The minimum atomic E-state index is -3.23. The van der Waals surface area contributed by atoms with Crippen LogP contribution in [0.5, 0.6) is 0 Å². The molecule has 0 amide bonds. The van der Waals surface area contributed by atoms with Gasteiger partial charge >= 0.3 is 0 Å². The number of nitrogens with zero attached hydrogens (tertiary/aromatic N) is 1. The van der Waals surface area contributed by atoms with Gasteiger partial charge in [-0.3, -0.25) is 0 Å². The second-order valence-corrected chi connectivity index (χ2v) is 8.33.